The molecule has 4 aliphatic rings. The Morgan fingerprint density at radius 3 is 1.89 bits per heavy atom. The first-order chi connectivity index (χ1) is 26.3. The second kappa shape index (κ2) is 15.8. The Labute approximate surface area is 315 Å². The highest BCUT2D eigenvalue weighted by Crippen LogP contribution is 2.43. The lowest BCUT2D eigenvalue weighted by atomic mass is 9.98. The fourth-order valence-electron chi connectivity index (χ4n) is 7.18. The van der Waals surface area contributed by atoms with Crippen molar-refractivity contribution in [2.75, 3.05) is 13.7 Å². The Kier molecular flexibility index (Phi) is 11.5. The minimum absolute atomic E-state index is 0.0712. The number of ether oxygens (including phenoxy) is 3. The summed E-state index contributed by atoms with van der Waals surface area (Å²) >= 11 is 0. The van der Waals surface area contributed by atoms with E-state index in [1.54, 1.807) is 12.1 Å². The van der Waals surface area contributed by atoms with Gasteiger partial charge in [-0.25, -0.2) is 0 Å². The second-order valence-electron chi connectivity index (χ2n) is 13.8. The van der Waals surface area contributed by atoms with E-state index in [2.05, 4.69) is 0 Å². The van der Waals surface area contributed by atoms with Crippen LogP contribution in [-0.2, 0) is 47.3 Å². The molecule has 0 unspecified atom stereocenters. The van der Waals surface area contributed by atoms with E-state index in [9.17, 15) is 54.2 Å². The van der Waals surface area contributed by atoms with Crippen LogP contribution in [0, 0.1) is 0 Å². The van der Waals surface area contributed by atoms with E-state index in [0.29, 0.717) is 67.8 Å². The zero-order valence-electron chi connectivity index (χ0n) is 29.7. The quantitative estimate of drug-likeness (QED) is 0.164. The Hall–Kier alpha value is -5.05. The number of aliphatic hydroxyl groups is 1. The third kappa shape index (κ3) is 9.14. The highest BCUT2D eigenvalue weighted by atomic mass is 19.4. The molecule has 0 radical (unpaired) electrons. The van der Waals surface area contributed by atoms with Crippen LogP contribution in [0.2, 0.25) is 0 Å². The van der Waals surface area contributed by atoms with Gasteiger partial charge in [0.15, 0.2) is 5.78 Å². The molecule has 1 heterocycles. The summed E-state index contributed by atoms with van der Waals surface area (Å²) in [6.45, 7) is 0.384. The lowest BCUT2D eigenvalue weighted by Crippen LogP contribution is -2.09. The molecule has 0 fully saturated rings. The molecule has 56 heavy (non-hydrogen) atoms. The maximum Gasteiger partial charge on any atom is 0.416 e. The van der Waals surface area contributed by atoms with Crippen LogP contribution in [0.3, 0.4) is 0 Å². The smallest absolute Gasteiger partial charge is 0.416 e. The summed E-state index contributed by atoms with van der Waals surface area (Å²) in [7, 11) is 1.35. The lowest BCUT2D eigenvalue weighted by molar-refractivity contribution is -0.141. The van der Waals surface area contributed by atoms with Crippen LogP contribution in [0.4, 0.5) is 39.5 Å². The molecule has 3 aliphatic carbocycles. The summed E-state index contributed by atoms with van der Waals surface area (Å²) in [4.78, 5) is 22.7. The molecule has 4 aromatic carbocycles. The normalized spacial score (nSPS) is 19.3. The van der Waals surface area contributed by atoms with E-state index in [1.807, 2.05) is 6.07 Å². The van der Waals surface area contributed by atoms with Gasteiger partial charge in [-0.3, -0.25) is 9.59 Å². The molecule has 0 saturated carbocycles. The molecule has 15 heteroatoms. The number of alkyl halides is 9. The van der Waals surface area contributed by atoms with Crippen molar-refractivity contribution in [1.82, 2.24) is 0 Å². The first-order valence-electron chi connectivity index (χ1n) is 17.6. The maximum absolute atomic E-state index is 13.0. The Balaban J connectivity index is 0.000000159. The van der Waals surface area contributed by atoms with Crippen LogP contribution in [-0.4, -0.2) is 30.6 Å². The number of benzene rings is 4. The minimum atomic E-state index is -4.38. The predicted octanol–water partition coefficient (Wildman–Crippen LogP) is 10.3. The average Bonchev–Trinajstić information content (AvgIpc) is 3.93. The number of aliphatic hydroxyl groups excluding tert-OH is 1. The standard InChI is InChI=1S/C21H19F3O4.C10H9F3O.C10H7F3O/c1-26-20(25)8-13-11-27-19-10-15(5-6-16(13)19)28-18-7-3-12-2-4-14(9-17(12)18)21(22,23)24;2*11-10(12,13)7-3-1-6-2-4-9(14)8(6)5-7/h2,4-6,9-10,13,18H,3,7-8,11H2,1H3;1,3,5,9,14H,2,4H2;1,3,5H,2,4H2/t13-,18-;9-;/m10./s1. The molecule has 0 aromatic heterocycles. The Morgan fingerprint density at radius 1 is 0.696 bits per heavy atom. The first-order valence-corrected chi connectivity index (χ1v) is 17.6. The van der Waals surface area contributed by atoms with Gasteiger partial charge in [0.2, 0.25) is 0 Å². The van der Waals surface area contributed by atoms with Crippen LogP contribution < -0.4 is 9.47 Å². The van der Waals surface area contributed by atoms with E-state index >= 15 is 0 Å². The molecule has 0 bridgehead atoms. The van der Waals surface area contributed by atoms with E-state index in [1.165, 1.54) is 31.4 Å². The average molecular weight is 795 g/mol. The largest absolute Gasteiger partial charge is 0.492 e. The van der Waals surface area contributed by atoms with Crippen LogP contribution in [0.25, 0.3) is 0 Å². The van der Waals surface area contributed by atoms with Gasteiger partial charge >= 0.3 is 24.5 Å². The van der Waals surface area contributed by atoms with Gasteiger partial charge < -0.3 is 19.3 Å². The number of hydrogen-bond acceptors (Lipinski definition) is 6. The number of halogens is 9. The van der Waals surface area contributed by atoms with Gasteiger partial charge in [0, 0.05) is 29.5 Å². The highest BCUT2D eigenvalue weighted by Gasteiger charge is 2.36. The fraction of sp³-hybridized carbons (Fsp3) is 0.366. The molecular weight excluding hydrogens is 759 g/mol. The Morgan fingerprint density at radius 2 is 1.27 bits per heavy atom. The van der Waals surface area contributed by atoms with E-state index in [4.69, 9.17) is 14.2 Å². The number of aryl methyl sites for hydroxylation is 3. The van der Waals surface area contributed by atoms with Gasteiger partial charge in [-0.1, -0.05) is 24.3 Å². The van der Waals surface area contributed by atoms with Gasteiger partial charge in [0.05, 0.1) is 42.9 Å². The number of hydrogen-bond donors (Lipinski definition) is 1. The molecule has 0 spiro atoms. The van der Waals surface area contributed by atoms with Crippen LogP contribution in [0.15, 0.2) is 72.8 Å². The highest BCUT2D eigenvalue weighted by molar-refractivity contribution is 6.00. The number of carbonyl (C=O) groups is 2. The van der Waals surface area contributed by atoms with Crippen molar-refractivity contribution in [3.05, 3.63) is 128 Å². The molecule has 8 rings (SSSR count). The Bertz CT molecular complexity index is 2100. The van der Waals surface area contributed by atoms with Crippen molar-refractivity contribution in [3.8, 4) is 11.5 Å². The summed E-state index contributed by atoms with van der Waals surface area (Å²) in [5, 5.41) is 9.40. The monoisotopic (exact) mass is 794 g/mol. The van der Waals surface area contributed by atoms with Gasteiger partial charge in [-0.2, -0.15) is 39.5 Å². The molecule has 0 amide bonds. The second-order valence-corrected chi connectivity index (χ2v) is 13.8. The van der Waals surface area contributed by atoms with Gasteiger partial charge in [-0.05, 0) is 102 Å². The molecule has 6 nitrogen and oxygen atoms in total. The maximum atomic E-state index is 13.0. The summed E-state index contributed by atoms with van der Waals surface area (Å²) in [5.74, 6) is 0.607. The zero-order chi connectivity index (χ0) is 40.6. The number of methoxy groups -OCH3 is 1. The number of ketones is 1. The number of fused-ring (bicyclic) bond motifs is 4. The van der Waals surface area contributed by atoms with Crippen molar-refractivity contribution in [2.45, 2.75) is 81.6 Å². The first kappa shape index (κ1) is 40.6. The summed E-state index contributed by atoms with van der Waals surface area (Å²) in [5.41, 5.74) is 2.50. The molecule has 1 N–H and O–H groups in total. The van der Waals surface area contributed by atoms with Crippen molar-refractivity contribution >= 4 is 11.8 Å². The number of rotatable bonds is 4. The van der Waals surface area contributed by atoms with Crippen LogP contribution in [0.5, 0.6) is 11.5 Å². The molecule has 0 saturated heterocycles. The zero-order valence-corrected chi connectivity index (χ0v) is 29.7. The number of Topliss-reactive ketones (excluding diaryl/α,β-unsaturated/α-hetero) is 1. The summed E-state index contributed by atoms with van der Waals surface area (Å²) < 4.78 is 129. The van der Waals surface area contributed by atoms with Crippen molar-refractivity contribution < 1.29 is 68.4 Å². The van der Waals surface area contributed by atoms with Gasteiger partial charge in [0.1, 0.15) is 17.6 Å². The predicted molar refractivity (Wildman–Crippen MR) is 183 cm³/mol. The third-order valence-corrected chi connectivity index (χ3v) is 10.2. The van der Waals surface area contributed by atoms with Crippen molar-refractivity contribution in [2.24, 2.45) is 0 Å². The molecule has 4 aromatic rings. The third-order valence-electron chi connectivity index (χ3n) is 10.2. The van der Waals surface area contributed by atoms with E-state index in [0.717, 1.165) is 52.6 Å². The van der Waals surface area contributed by atoms with Gasteiger partial charge in [-0.15, -0.1) is 0 Å². The van der Waals surface area contributed by atoms with Crippen molar-refractivity contribution in [1.29, 1.82) is 0 Å². The molecule has 3 atom stereocenters. The SMILES string of the molecule is COC(=O)C[C@@H]1COc2cc(O[C@@H]3CCc4ccc(C(F)(F)F)cc43)ccc21.O=C1CCc2ccc(C(F)(F)F)cc21.O[C@H]1CCc2ccc(C(F)(F)F)cc21. The van der Waals surface area contributed by atoms with Crippen molar-refractivity contribution in [3.63, 3.8) is 0 Å². The topological polar surface area (TPSA) is 82.1 Å². The van der Waals surface area contributed by atoms with E-state index < -0.39 is 47.4 Å². The lowest BCUT2D eigenvalue weighted by Gasteiger charge is -2.17. The number of carbonyl (C=O) groups excluding carboxylic acids is 2. The summed E-state index contributed by atoms with van der Waals surface area (Å²) in [6, 6.07) is 16.1. The number of esters is 1. The van der Waals surface area contributed by atoms with Crippen LogP contribution >= 0.6 is 0 Å². The molecule has 1 aliphatic heterocycles. The minimum Gasteiger partial charge on any atom is -0.492 e. The van der Waals surface area contributed by atoms with E-state index in [-0.39, 0.29) is 29.7 Å². The van der Waals surface area contributed by atoms with Gasteiger partial charge in [0.25, 0.3) is 0 Å². The van der Waals surface area contributed by atoms with Crippen LogP contribution in [0.1, 0.15) is 104 Å². The fourth-order valence-corrected chi connectivity index (χ4v) is 7.18. The molecule has 298 valence electrons. The summed E-state index contributed by atoms with van der Waals surface area (Å²) in [6.07, 6.45) is -10.6. The molecular formula is C41H35F9O6.